The molecule has 2 amide bonds. The van der Waals surface area contributed by atoms with E-state index in [0.29, 0.717) is 0 Å². The molecular formula is C23H30BrN3O4S. The van der Waals surface area contributed by atoms with E-state index in [4.69, 9.17) is 0 Å². The van der Waals surface area contributed by atoms with Gasteiger partial charge >= 0.3 is 0 Å². The number of carbonyl (C=O) groups excluding carboxylic acids is 2. The van der Waals surface area contributed by atoms with Crippen molar-refractivity contribution >= 4 is 37.8 Å². The van der Waals surface area contributed by atoms with Crippen molar-refractivity contribution in [2.75, 3.05) is 13.6 Å². The van der Waals surface area contributed by atoms with Crippen molar-refractivity contribution in [1.82, 2.24) is 14.5 Å². The first-order valence-corrected chi connectivity index (χ1v) is 12.5. The predicted octanol–water partition coefficient (Wildman–Crippen LogP) is 3.32. The quantitative estimate of drug-likeness (QED) is 0.546. The minimum atomic E-state index is -3.85. The first kappa shape index (κ1) is 26.0. The molecule has 0 saturated carbocycles. The third kappa shape index (κ3) is 6.88. The van der Waals surface area contributed by atoms with E-state index in [1.807, 2.05) is 45.0 Å². The Labute approximate surface area is 199 Å². The molecule has 2 rings (SSSR count). The minimum Gasteiger partial charge on any atom is -0.352 e. The van der Waals surface area contributed by atoms with Crippen molar-refractivity contribution in [3.05, 3.63) is 64.1 Å². The zero-order valence-corrected chi connectivity index (χ0v) is 21.4. The summed E-state index contributed by atoms with van der Waals surface area (Å²) in [6.45, 7) is 6.97. The van der Waals surface area contributed by atoms with E-state index in [-0.39, 0.29) is 29.9 Å². The summed E-state index contributed by atoms with van der Waals surface area (Å²) in [6, 6.07) is 13.0. The summed E-state index contributed by atoms with van der Waals surface area (Å²) in [7, 11) is -2.49. The van der Waals surface area contributed by atoms with Gasteiger partial charge in [-0.1, -0.05) is 45.8 Å². The summed E-state index contributed by atoms with van der Waals surface area (Å²) >= 11 is 3.41. The number of halogens is 1. The maximum Gasteiger partial charge on any atom is 0.243 e. The summed E-state index contributed by atoms with van der Waals surface area (Å²) in [6.07, 6.45) is 0. The molecule has 0 saturated heterocycles. The Morgan fingerprint density at radius 1 is 1.06 bits per heavy atom. The maximum atomic E-state index is 13.2. The van der Waals surface area contributed by atoms with Crippen LogP contribution in [0.3, 0.4) is 0 Å². The van der Waals surface area contributed by atoms with Crippen LogP contribution in [0, 0.1) is 6.92 Å². The molecular weight excluding hydrogens is 494 g/mol. The Morgan fingerprint density at radius 2 is 1.69 bits per heavy atom. The standard InChI is InChI=1S/C23H30BrN3O4S/c1-16(2)25-23(29)18(4)27(14-19-7-6-8-20(24)13-19)22(28)15-26(5)32(30,31)21-11-9-17(3)10-12-21/h6-13,16,18H,14-15H2,1-5H3,(H,25,29)/t18-/m0/s1. The van der Waals surface area contributed by atoms with Crippen LogP contribution in [0.1, 0.15) is 31.9 Å². The molecule has 0 spiro atoms. The highest BCUT2D eigenvalue weighted by molar-refractivity contribution is 9.10. The molecule has 0 unspecified atom stereocenters. The van der Waals surface area contributed by atoms with Gasteiger partial charge in [-0.25, -0.2) is 8.42 Å². The molecule has 0 heterocycles. The van der Waals surface area contributed by atoms with E-state index >= 15 is 0 Å². The number of aryl methyl sites for hydroxylation is 1. The Morgan fingerprint density at radius 3 is 2.25 bits per heavy atom. The lowest BCUT2D eigenvalue weighted by molar-refractivity contribution is -0.140. The average molecular weight is 524 g/mol. The topological polar surface area (TPSA) is 86.8 Å². The molecule has 0 aromatic heterocycles. The van der Waals surface area contributed by atoms with Gasteiger partial charge in [0.2, 0.25) is 21.8 Å². The lowest BCUT2D eigenvalue weighted by Crippen LogP contribution is -2.51. The van der Waals surface area contributed by atoms with Crippen LogP contribution in [0.15, 0.2) is 57.9 Å². The van der Waals surface area contributed by atoms with Gasteiger partial charge in [-0.3, -0.25) is 9.59 Å². The highest BCUT2D eigenvalue weighted by atomic mass is 79.9. The van der Waals surface area contributed by atoms with Gasteiger partial charge in [-0.15, -0.1) is 0 Å². The Hall–Kier alpha value is -2.23. The summed E-state index contributed by atoms with van der Waals surface area (Å²) in [5.41, 5.74) is 1.76. The Bertz CT molecular complexity index is 1060. The summed E-state index contributed by atoms with van der Waals surface area (Å²) < 4.78 is 27.7. The van der Waals surface area contributed by atoms with Gasteiger partial charge in [-0.2, -0.15) is 4.31 Å². The molecule has 9 heteroatoms. The molecule has 1 atom stereocenters. The van der Waals surface area contributed by atoms with Crippen molar-refractivity contribution in [2.24, 2.45) is 0 Å². The minimum absolute atomic E-state index is 0.0858. The number of rotatable bonds is 9. The lowest BCUT2D eigenvalue weighted by atomic mass is 10.1. The van der Waals surface area contributed by atoms with Crippen LogP contribution in [-0.2, 0) is 26.2 Å². The van der Waals surface area contributed by atoms with Crippen molar-refractivity contribution in [2.45, 2.75) is 51.2 Å². The van der Waals surface area contributed by atoms with Crippen LogP contribution in [0.5, 0.6) is 0 Å². The molecule has 7 nitrogen and oxygen atoms in total. The predicted molar refractivity (Wildman–Crippen MR) is 128 cm³/mol. The van der Waals surface area contributed by atoms with E-state index in [1.54, 1.807) is 19.1 Å². The highest BCUT2D eigenvalue weighted by Crippen LogP contribution is 2.18. The number of nitrogens with one attached hydrogen (secondary N) is 1. The SMILES string of the molecule is Cc1ccc(S(=O)(=O)N(C)CC(=O)N(Cc2cccc(Br)c2)[C@@H](C)C(=O)NC(C)C)cc1. The first-order valence-electron chi connectivity index (χ1n) is 10.3. The fourth-order valence-electron chi connectivity index (χ4n) is 3.08. The van der Waals surface area contributed by atoms with Crippen LogP contribution < -0.4 is 5.32 Å². The zero-order valence-electron chi connectivity index (χ0n) is 19.0. The normalized spacial score (nSPS) is 12.6. The summed E-state index contributed by atoms with van der Waals surface area (Å²) in [4.78, 5) is 27.4. The summed E-state index contributed by atoms with van der Waals surface area (Å²) in [5.74, 6) is -0.762. The molecule has 2 aromatic carbocycles. The molecule has 174 valence electrons. The van der Waals surface area contributed by atoms with E-state index in [0.717, 1.165) is 19.9 Å². The van der Waals surface area contributed by atoms with Crippen LogP contribution in [-0.4, -0.2) is 55.1 Å². The third-order valence-electron chi connectivity index (χ3n) is 4.93. The third-order valence-corrected chi connectivity index (χ3v) is 7.24. The van der Waals surface area contributed by atoms with Crippen molar-refractivity contribution in [3.8, 4) is 0 Å². The van der Waals surface area contributed by atoms with Gasteiger partial charge in [0.1, 0.15) is 6.04 Å². The fourth-order valence-corrected chi connectivity index (χ4v) is 4.64. The average Bonchev–Trinajstić information content (AvgIpc) is 2.71. The van der Waals surface area contributed by atoms with Crippen molar-refractivity contribution in [1.29, 1.82) is 0 Å². The number of hydrogen-bond acceptors (Lipinski definition) is 4. The highest BCUT2D eigenvalue weighted by Gasteiger charge is 2.30. The van der Waals surface area contributed by atoms with Gasteiger partial charge in [-0.05, 0) is 57.5 Å². The second kappa shape index (κ2) is 11.1. The van der Waals surface area contributed by atoms with Gasteiger partial charge < -0.3 is 10.2 Å². The van der Waals surface area contributed by atoms with Crippen LogP contribution in [0.2, 0.25) is 0 Å². The molecule has 2 aromatic rings. The van der Waals surface area contributed by atoms with Crippen LogP contribution in [0.4, 0.5) is 0 Å². The number of benzene rings is 2. The van der Waals surface area contributed by atoms with Crippen molar-refractivity contribution in [3.63, 3.8) is 0 Å². The maximum absolute atomic E-state index is 13.2. The molecule has 32 heavy (non-hydrogen) atoms. The monoisotopic (exact) mass is 523 g/mol. The Balaban J connectivity index is 2.27. The van der Waals surface area contributed by atoms with E-state index in [9.17, 15) is 18.0 Å². The number of amides is 2. The number of nitrogens with zero attached hydrogens (tertiary/aromatic N) is 2. The first-order chi connectivity index (χ1) is 14.9. The number of carbonyl (C=O) groups is 2. The number of hydrogen-bond donors (Lipinski definition) is 1. The molecule has 1 N–H and O–H groups in total. The molecule has 0 aliphatic carbocycles. The van der Waals surface area contributed by atoms with E-state index in [2.05, 4.69) is 21.2 Å². The lowest BCUT2D eigenvalue weighted by Gasteiger charge is -2.30. The summed E-state index contributed by atoms with van der Waals surface area (Å²) in [5, 5.41) is 2.82. The molecule has 0 radical (unpaired) electrons. The Kier molecular flexibility index (Phi) is 9.00. The van der Waals surface area contributed by atoms with E-state index < -0.39 is 22.0 Å². The van der Waals surface area contributed by atoms with Gasteiger partial charge in [0.25, 0.3) is 0 Å². The fraction of sp³-hybridized carbons (Fsp3) is 0.391. The van der Waals surface area contributed by atoms with Crippen molar-refractivity contribution < 1.29 is 18.0 Å². The second-order valence-electron chi connectivity index (χ2n) is 8.06. The zero-order chi connectivity index (χ0) is 24.1. The second-order valence-corrected chi connectivity index (χ2v) is 11.0. The molecule has 0 aliphatic heterocycles. The molecule has 0 aliphatic rings. The largest absolute Gasteiger partial charge is 0.352 e. The molecule has 0 fully saturated rings. The van der Waals surface area contributed by atoms with Gasteiger partial charge in [0, 0.05) is 24.1 Å². The smallest absolute Gasteiger partial charge is 0.243 e. The van der Waals surface area contributed by atoms with Crippen LogP contribution in [0.25, 0.3) is 0 Å². The van der Waals surface area contributed by atoms with E-state index in [1.165, 1.54) is 24.1 Å². The molecule has 0 bridgehead atoms. The van der Waals surface area contributed by atoms with Crippen LogP contribution >= 0.6 is 15.9 Å². The number of likely N-dealkylation sites (N-methyl/N-ethyl adjacent to an activating group) is 1. The van der Waals surface area contributed by atoms with Gasteiger partial charge in [0.05, 0.1) is 11.4 Å². The van der Waals surface area contributed by atoms with Gasteiger partial charge in [0.15, 0.2) is 0 Å². The number of sulfonamides is 1.